The van der Waals surface area contributed by atoms with Crippen LogP contribution in [0.3, 0.4) is 0 Å². The predicted octanol–water partition coefficient (Wildman–Crippen LogP) is 5.71. The standard InChI is InChI=1S/C15H17BrN2O2S2/c1-9-12(21-11-7-5-10(16)6-8-11)22-13(17-9)18-14(19)20-15(2,3)4/h5-8H,1-4H3,(H,17,18,19). The molecule has 7 heteroatoms. The third-order valence-electron chi connectivity index (χ3n) is 2.39. The van der Waals surface area contributed by atoms with E-state index in [1.807, 2.05) is 52.0 Å². The number of carbonyl (C=O) groups excluding carboxylic acids is 1. The van der Waals surface area contributed by atoms with Gasteiger partial charge < -0.3 is 4.74 Å². The van der Waals surface area contributed by atoms with Gasteiger partial charge in [-0.2, -0.15) is 0 Å². The van der Waals surface area contributed by atoms with Crippen molar-refractivity contribution < 1.29 is 9.53 Å². The molecule has 0 unspecified atom stereocenters. The Balaban J connectivity index is 2.05. The number of rotatable bonds is 3. The molecule has 1 heterocycles. The van der Waals surface area contributed by atoms with Crippen LogP contribution in [0.2, 0.25) is 0 Å². The van der Waals surface area contributed by atoms with E-state index in [9.17, 15) is 4.79 Å². The number of aromatic nitrogens is 1. The average molecular weight is 401 g/mol. The number of nitrogens with one attached hydrogen (secondary N) is 1. The fourth-order valence-electron chi connectivity index (χ4n) is 1.53. The summed E-state index contributed by atoms with van der Waals surface area (Å²) in [6.45, 7) is 7.41. The zero-order chi connectivity index (χ0) is 16.3. The topological polar surface area (TPSA) is 51.2 Å². The number of ether oxygens (including phenoxy) is 1. The highest BCUT2D eigenvalue weighted by atomic mass is 79.9. The highest BCUT2D eigenvalue weighted by molar-refractivity contribution is 9.10. The minimum Gasteiger partial charge on any atom is -0.444 e. The normalized spacial score (nSPS) is 11.3. The van der Waals surface area contributed by atoms with Gasteiger partial charge in [0.2, 0.25) is 0 Å². The molecule has 22 heavy (non-hydrogen) atoms. The number of hydrogen-bond acceptors (Lipinski definition) is 5. The van der Waals surface area contributed by atoms with Crippen LogP contribution in [0.1, 0.15) is 26.5 Å². The Kier molecular flexibility index (Phi) is 5.52. The number of nitrogens with zero attached hydrogens (tertiary/aromatic N) is 1. The van der Waals surface area contributed by atoms with Crippen LogP contribution in [0.25, 0.3) is 0 Å². The SMILES string of the molecule is Cc1nc(NC(=O)OC(C)(C)C)sc1Sc1ccc(Br)cc1. The Bertz CT molecular complexity index is 663. The number of amides is 1. The van der Waals surface area contributed by atoms with Crippen molar-refractivity contribution in [3.63, 3.8) is 0 Å². The highest BCUT2D eigenvalue weighted by Crippen LogP contribution is 2.37. The van der Waals surface area contributed by atoms with Gasteiger partial charge in [0.25, 0.3) is 0 Å². The smallest absolute Gasteiger partial charge is 0.413 e. The molecule has 0 aliphatic rings. The maximum Gasteiger partial charge on any atom is 0.413 e. The Labute approximate surface area is 146 Å². The molecule has 2 aromatic rings. The fourth-order valence-corrected chi connectivity index (χ4v) is 3.85. The molecule has 0 saturated heterocycles. The molecule has 4 nitrogen and oxygen atoms in total. The van der Waals surface area contributed by atoms with Gasteiger partial charge in [-0.1, -0.05) is 39.0 Å². The van der Waals surface area contributed by atoms with E-state index >= 15 is 0 Å². The molecule has 1 N–H and O–H groups in total. The molecular formula is C15H17BrN2O2S2. The summed E-state index contributed by atoms with van der Waals surface area (Å²) in [5, 5.41) is 3.23. The molecule has 0 bridgehead atoms. The van der Waals surface area contributed by atoms with Gasteiger partial charge in [-0.3, -0.25) is 5.32 Å². The van der Waals surface area contributed by atoms with Gasteiger partial charge in [0.15, 0.2) is 5.13 Å². The predicted molar refractivity (Wildman–Crippen MR) is 95.0 cm³/mol. The third kappa shape index (κ3) is 5.30. The number of halogens is 1. The molecule has 0 atom stereocenters. The lowest BCUT2D eigenvalue weighted by Gasteiger charge is -2.18. The first-order valence-electron chi connectivity index (χ1n) is 6.64. The van der Waals surface area contributed by atoms with E-state index in [2.05, 4.69) is 26.2 Å². The molecule has 118 valence electrons. The first-order chi connectivity index (χ1) is 10.2. The number of anilines is 1. The van der Waals surface area contributed by atoms with Gasteiger partial charge in [-0.15, -0.1) is 0 Å². The van der Waals surface area contributed by atoms with Crippen LogP contribution < -0.4 is 5.32 Å². The summed E-state index contributed by atoms with van der Waals surface area (Å²) < 4.78 is 7.32. The monoisotopic (exact) mass is 400 g/mol. The van der Waals surface area contributed by atoms with Gasteiger partial charge in [0, 0.05) is 9.37 Å². The van der Waals surface area contributed by atoms with Crippen molar-refractivity contribution in [1.82, 2.24) is 4.98 Å². The van der Waals surface area contributed by atoms with Crippen LogP contribution in [-0.2, 0) is 4.74 Å². The minimum absolute atomic E-state index is 0.485. The lowest BCUT2D eigenvalue weighted by Crippen LogP contribution is -2.27. The lowest BCUT2D eigenvalue weighted by atomic mass is 10.2. The van der Waals surface area contributed by atoms with Gasteiger partial charge >= 0.3 is 6.09 Å². The van der Waals surface area contributed by atoms with E-state index in [4.69, 9.17) is 4.74 Å². The van der Waals surface area contributed by atoms with Crippen LogP contribution in [-0.4, -0.2) is 16.7 Å². The van der Waals surface area contributed by atoms with Gasteiger partial charge in [-0.25, -0.2) is 9.78 Å². The number of benzene rings is 1. The van der Waals surface area contributed by atoms with Gasteiger partial charge in [0.1, 0.15) is 5.60 Å². The van der Waals surface area contributed by atoms with E-state index in [1.54, 1.807) is 11.8 Å². The Morgan fingerprint density at radius 3 is 2.55 bits per heavy atom. The number of aryl methyl sites for hydroxylation is 1. The summed E-state index contributed by atoms with van der Waals surface area (Å²) >= 11 is 6.49. The second-order valence-corrected chi connectivity index (χ2v) is 8.83. The number of hydrogen-bond donors (Lipinski definition) is 1. The Morgan fingerprint density at radius 1 is 1.32 bits per heavy atom. The maximum absolute atomic E-state index is 11.8. The first-order valence-corrected chi connectivity index (χ1v) is 9.06. The summed E-state index contributed by atoms with van der Waals surface area (Å²) in [7, 11) is 0. The number of thiazole rings is 1. The molecule has 2 rings (SSSR count). The molecule has 0 saturated carbocycles. The Morgan fingerprint density at radius 2 is 1.95 bits per heavy atom. The molecule has 1 aromatic carbocycles. The highest BCUT2D eigenvalue weighted by Gasteiger charge is 2.18. The van der Waals surface area contributed by atoms with Crippen LogP contribution in [0.15, 0.2) is 37.8 Å². The van der Waals surface area contributed by atoms with Crippen molar-refractivity contribution in [3.05, 3.63) is 34.4 Å². The van der Waals surface area contributed by atoms with Gasteiger partial charge in [0.05, 0.1) is 9.90 Å². The van der Waals surface area contributed by atoms with Crippen LogP contribution in [0.5, 0.6) is 0 Å². The molecule has 1 aromatic heterocycles. The largest absolute Gasteiger partial charge is 0.444 e. The third-order valence-corrected chi connectivity index (χ3v) is 5.27. The second-order valence-electron chi connectivity index (χ2n) is 5.57. The van der Waals surface area contributed by atoms with E-state index in [1.165, 1.54) is 11.3 Å². The van der Waals surface area contributed by atoms with Crippen LogP contribution in [0.4, 0.5) is 9.93 Å². The molecule has 0 fully saturated rings. The summed E-state index contributed by atoms with van der Waals surface area (Å²) in [6.07, 6.45) is -0.485. The van der Waals surface area contributed by atoms with Crippen molar-refractivity contribution in [2.75, 3.05) is 5.32 Å². The Hall–Kier alpha value is -1.05. The molecule has 1 amide bonds. The summed E-state index contributed by atoms with van der Waals surface area (Å²) in [5.74, 6) is 0. The molecule has 0 aliphatic carbocycles. The zero-order valence-electron chi connectivity index (χ0n) is 12.8. The van der Waals surface area contributed by atoms with Crippen molar-refractivity contribution in [2.45, 2.75) is 42.4 Å². The summed E-state index contributed by atoms with van der Waals surface area (Å²) in [4.78, 5) is 17.3. The maximum atomic E-state index is 11.8. The van der Waals surface area contributed by atoms with Crippen LogP contribution >= 0.6 is 39.0 Å². The van der Waals surface area contributed by atoms with E-state index < -0.39 is 11.7 Å². The van der Waals surface area contributed by atoms with Crippen molar-refractivity contribution in [3.8, 4) is 0 Å². The van der Waals surface area contributed by atoms with Crippen molar-refractivity contribution in [1.29, 1.82) is 0 Å². The van der Waals surface area contributed by atoms with Gasteiger partial charge in [-0.05, 0) is 52.0 Å². The quantitative estimate of drug-likeness (QED) is 0.716. The van der Waals surface area contributed by atoms with Crippen molar-refractivity contribution in [2.24, 2.45) is 0 Å². The fraction of sp³-hybridized carbons (Fsp3) is 0.333. The second kappa shape index (κ2) is 7.02. The average Bonchev–Trinajstić information content (AvgIpc) is 2.70. The lowest BCUT2D eigenvalue weighted by molar-refractivity contribution is 0.0636. The number of carbonyl (C=O) groups is 1. The van der Waals surface area contributed by atoms with Crippen molar-refractivity contribution >= 4 is 50.3 Å². The van der Waals surface area contributed by atoms with E-state index in [-0.39, 0.29) is 0 Å². The minimum atomic E-state index is -0.522. The van der Waals surface area contributed by atoms with E-state index in [0.29, 0.717) is 5.13 Å². The van der Waals surface area contributed by atoms with E-state index in [0.717, 1.165) is 19.3 Å². The zero-order valence-corrected chi connectivity index (χ0v) is 16.0. The molecule has 0 aliphatic heterocycles. The molecular weight excluding hydrogens is 384 g/mol. The van der Waals surface area contributed by atoms with Crippen LogP contribution in [0, 0.1) is 6.92 Å². The molecule has 0 spiro atoms. The first kappa shape index (κ1) is 17.3. The summed E-state index contributed by atoms with van der Waals surface area (Å²) in [5.41, 5.74) is 0.370. The molecule has 0 radical (unpaired) electrons. The summed E-state index contributed by atoms with van der Waals surface area (Å²) in [6, 6.07) is 8.07.